The van der Waals surface area contributed by atoms with Gasteiger partial charge in [-0.25, -0.2) is 9.67 Å². The van der Waals surface area contributed by atoms with Crippen LogP contribution in [-0.2, 0) is 0 Å². The molecule has 0 aliphatic carbocycles. The molecule has 0 radical (unpaired) electrons. The minimum atomic E-state index is -0.393. The summed E-state index contributed by atoms with van der Waals surface area (Å²) in [7, 11) is 0. The molecule has 1 amide bonds. The standard InChI is InChI=1S/C25H18N4O3/c1-16-22(30)19-9-5-10-20(24(19)32-23(16)17-7-3-2-4-8-17)25(31)28-18-11-12-21(26-15-18)29-14-6-13-27-29/h2-15H,1H3,(H,28,31). The van der Waals surface area contributed by atoms with Crippen molar-refractivity contribution in [3.05, 3.63) is 107 Å². The molecule has 0 fully saturated rings. The highest BCUT2D eigenvalue weighted by Gasteiger charge is 2.18. The third-order valence-electron chi connectivity index (χ3n) is 5.17. The van der Waals surface area contributed by atoms with E-state index in [0.717, 1.165) is 5.56 Å². The van der Waals surface area contributed by atoms with Crippen LogP contribution in [0.1, 0.15) is 15.9 Å². The predicted molar refractivity (Wildman–Crippen MR) is 122 cm³/mol. The number of carbonyl (C=O) groups excluding carboxylic acids is 1. The van der Waals surface area contributed by atoms with Crippen molar-refractivity contribution >= 4 is 22.6 Å². The minimum Gasteiger partial charge on any atom is -0.455 e. The largest absolute Gasteiger partial charge is 0.455 e. The van der Waals surface area contributed by atoms with Crippen LogP contribution < -0.4 is 10.7 Å². The van der Waals surface area contributed by atoms with Crippen LogP contribution in [0.5, 0.6) is 0 Å². The van der Waals surface area contributed by atoms with E-state index in [2.05, 4.69) is 15.4 Å². The predicted octanol–water partition coefficient (Wildman–Crippen LogP) is 4.60. The number of rotatable bonds is 4. The first-order valence-electron chi connectivity index (χ1n) is 10.0. The molecule has 0 atom stereocenters. The van der Waals surface area contributed by atoms with E-state index < -0.39 is 5.91 Å². The van der Waals surface area contributed by atoms with Gasteiger partial charge in [0.2, 0.25) is 0 Å². The number of aromatic nitrogens is 3. The molecule has 3 heterocycles. The summed E-state index contributed by atoms with van der Waals surface area (Å²) in [5.74, 6) is 0.691. The van der Waals surface area contributed by atoms with E-state index in [1.807, 2.05) is 30.3 Å². The summed E-state index contributed by atoms with van der Waals surface area (Å²) in [4.78, 5) is 30.4. The van der Waals surface area contributed by atoms with E-state index in [9.17, 15) is 9.59 Å². The van der Waals surface area contributed by atoms with Crippen molar-refractivity contribution in [1.82, 2.24) is 14.8 Å². The Kier molecular flexibility index (Phi) is 4.84. The molecule has 0 spiro atoms. The second-order valence-electron chi connectivity index (χ2n) is 7.24. The summed E-state index contributed by atoms with van der Waals surface area (Å²) in [6.45, 7) is 1.73. The fourth-order valence-corrected chi connectivity index (χ4v) is 3.55. The maximum Gasteiger partial charge on any atom is 0.259 e. The molecule has 7 nitrogen and oxygen atoms in total. The number of fused-ring (bicyclic) bond motifs is 1. The van der Waals surface area contributed by atoms with Crippen LogP contribution in [0.25, 0.3) is 28.1 Å². The molecule has 7 heteroatoms. The molecule has 32 heavy (non-hydrogen) atoms. The average Bonchev–Trinajstić information content (AvgIpc) is 3.37. The Bertz CT molecular complexity index is 1470. The van der Waals surface area contributed by atoms with E-state index in [1.54, 1.807) is 66.6 Å². The summed E-state index contributed by atoms with van der Waals surface area (Å²) >= 11 is 0. The van der Waals surface area contributed by atoms with Crippen molar-refractivity contribution in [3.63, 3.8) is 0 Å². The fourth-order valence-electron chi connectivity index (χ4n) is 3.55. The average molecular weight is 422 g/mol. The molecule has 3 aromatic heterocycles. The molecule has 5 aromatic rings. The van der Waals surface area contributed by atoms with Gasteiger partial charge in [0, 0.05) is 23.5 Å². The second-order valence-corrected chi connectivity index (χ2v) is 7.24. The van der Waals surface area contributed by atoms with Gasteiger partial charge < -0.3 is 9.73 Å². The zero-order chi connectivity index (χ0) is 22.1. The van der Waals surface area contributed by atoms with Crippen molar-refractivity contribution in [2.24, 2.45) is 0 Å². The number of hydrogen-bond donors (Lipinski definition) is 1. The van der Waals surface area contributed by atoms with Gasteiger partial charge in [-0.05, 0) is 37.3 Å². The molecule has 0 aliphatic rings. The number of para-hydroxylation sites is 1. The SMILES string of the molecule is Cc1c(-c2ccccc2)oc2c(C(=O)Nc3ccc(-n4cccn4)nc3)cccc2c1=O. The lowest BCUT2D eigenvalue weighted by molar-refractivity contribution is 0.102. The summed E-state index contributed by atoms with van der Waals surface area (Å²) < 4.78 is 7.75. The van der Waals surface area contributed by atoms with Crippen molar-refractivity contribution in [2.75, 3.05) is 5.32 Å². The molecule has 5 rings (SSSR count). The molecule has 156 valence electrons. The van der Waals surface area contributed by atoms with Gasteiger partial charge in [0.05, 0.1) is 22.8 Å². The van der Waals surface area contributed by atoms with Crippen LogP contribution in [0.15, 0.2) is 94.5 Å². The van der Waals surface area contributed by atoms with Crippen molar-refractivity contribution < 1.29 is 9.21 Å². The molecular weight excluding hydrogens is 404 g/mol. The Balaban J connectivity index is 1.53. The van der Waals surface area contributed by atoms with Crippen molar-refractivity contribution in [3.8, 4) is 17.1 Å². The van der Waals surface area contributed by atoms with E-state index in [-0.39, 0.29) is 16.6 Å². The zero-order valence-electron chi connectivity index (χ0n) is 17.1. The Morgan fingerprint density at radius 3 is 2.56 bits per heavy atom. The number of nitrogens with one attached hydrogen (secondary N) is 1. The van der Waals surface area contributed by atoms with Gasteiger partial charge >= 0.3 is 0 Å². The highest BCUT2D eigenvalue weighted by atomic mass is 16.3. The topological polar surface area (TPSA) is 90.0 Å². The van der Waals surface area contributed by atoms with Gasteiger partial charge in [-0.1, -0.05) is 36.4 Å². The Morgan fingerprint density at radius 1 is 1.00 bits per heavy atom. The van der Waals surface area contributed by atoms with Gasteiger partial charge in [0.1, 0.15) is 5.76 Å². The van der Waals surface area contributed by atoms with Gasteiger partial charge in [-0.2, -0.15) is 5.10 Å². The summed E-state index contributed by atoms with van der Waals surface area (Å²) in [6, 6.07) is 19.6. The van der Waals surface area contributed by atoms with E-state index in [1.165, 1.54) is 0 Å². The van der Waals surface area contributed by atoms with Gasteiger partial charge in [0.25, 0.3) is 5.91 Å². The number of nitrogens with zero attached hydrogens (tertiary/aromatic N) is 3. The highest BCUT2D eigenvalue weighted by molar-refractivity contribution is 6.11. The molecule has 0 saturated carbocycles. The smallest absolute Gasteiger partial charge is 0.259 e. The lowest BCUT2D eigenvalue weighted by atomic mass is 10.0. The summed E-state index contributed by atoms with van der Waals surface area (Å²) in [5, 5.41) is 7.32. The van der Waals surface area contributed by atoms with Gasteiger partial charge in [-0.3, -0.25) is 9.59 Å². The van der Waals surface area contributed by atoms with Crippen LogP contribution in [-0.4, -0.2) is 20.7 Å². The van der Waals surface area contributed by atoms with Crippen molar-refractivity contribution in [2.45, 2.75) is 6.92 Å². The minimum absolute atomic E-state index is 0.162. The second kappa shape index (κ2) is 7.96. The number of amides is 1. The monoisotopic (exact) mass is 422 g/mol. The third kappa shape index (κ3) is 3.45. The van der Waals surface area contributed by atoms with E-state index >= 15 is 0 Å². The fraction of sp³-hybridized carbons (Fsp3) is 0.0400. The summed E-state index contributed by atoms with van der Waals surface area (Å²) in [6.07, 6.45) is 5.00. The Labute approximate surface area is 183 Å². The van der Waals surface area contributed by atoms with Gasteiger partial charge in [-0.15, -0.1) is 0 Å². The molecule has 0 saturated heterocycles. The van der Waals surface area contributed by atoms with Crippen LogP contribution in [0.3, 0.4) is 0 Å². The Morgan fingerprint density at radius 2 is 1.84 bits per heavy atom. The quantitative estimate of drug-likeness (QED) is 0.457. The summed E-state index contributed by atoms with van der Waals surface area (Å²) in [5.41, 5.74) is 2.15. The number of benzene rings is 2. The number of carbonyl (C=O) groups is 1. The molecule has 0 aliphatic heterocycles. The maximum absolute atomic E-state index is 13.1. The lowest BCUT2D eigenvalue weighted by Gasteiger charge is -2.11. The van der Waals surface area contributed by atoms with Crippen LogP contribution >= 0.6 is 0 Å². The van der Waals surface area contributed by atoms with E-state index in [0.29, 0.717) is 28.2 Å². The third-order valence-corrected chi connectivity index (χ3v) is 5.17. The maximum atomic E-state index is 13.1. The number of pyridine rings is 1. The zero-order valence-corrected chi connectivity index (χ0v) is 17.1. The molecule has 0 unspecified atom stereocenters. The molecule has 1 N–H and O–H groups in total. The molecular formula is C25H18N4O3. The van der Waals surface area contributed by atoms with Crippen LogP contribution in [0.4, 0.5) is 5.69 Å². The molecule has 0 bridgehead atoms. The highest BCUT2D eigenvalue weighted by Crippen LogP contribution is 2.27. The molecule has 2 aromatic carbocycles. The van der Waals surface area contributed by atoms with Crippen LogP contribution in [0.2, 0.25) is 0 Å². The first-order chi connectivity index (χ1) is 15.6. The first-order valence-corrected chi connectivity index (χ1v) is 10.0. The van der Waals surface area contributed by atoms with Gasteiger partial charge in [0.15, 0.2) is 16.8 Å². The van der Waals surface area contributed by atoms with E-state index in [4.69, 9.17) is 4.42 Å². The normalized spacial score (nSPS) is 10.9. The Hall–Kier alpha value is -4.52. The first kappa shape index (κ1) is 19.4. The number of anilines is 1. The lowest BCUT2D eigenvalue weighted by Crippen LogP contribution is -2.15. The van der Waals surface area contributed by atoms with Crippen molar-refractivity contribution in [1.29, 1.82) is 0 Å². The van der Waals surface area contributed by atoms with Crippen LogP contribution in [0, 0.1) is 6.92 Å². The number of hydrogen-bond acceptors (Lipinski definition) is 5.